The molecule has 0 aliphatic rings. The Morgan fingerprint density at radius 3 is 1.14 bits per heavy atom. The van der Waals surface area contributed by atoms with Gasteiger partial charge in [-0.1, -0.05) is 177 Å². The van der Waals surface area contributed by atoms with Crippen LogP contribution in [0.2, 0.25) is 30.1 Å². The predicted octanol–water partition coefficient (Wildman–Crippen LogP) is 21.1. The molecule has 0 amide bonds. The van der Waals surface area contributed by atoms with Gasteiger partial charge in [-0.25, -0.2) is 57.1 Å². The average Bonchev–Trinajstić information content (AvgIpc) is 1.59. The third-order valence-corrected chi connectivity index (χ3v) is 27.6. The first-order valence-corrected chi connectivity index (χ1v) is 45.8. The summed E-state index contributed by atoms with van der Waals surface area (Å²) in [5.41, 5.74) is 15.4. The Kier molecular flexibility index (Phi) is 27.8. The van der Waals surface area contributed by atoms with Gasteiger partial charge in [-0.05, 0) is 247 Å². The van der Waals surface area contributed by atoms with E-state index in [1.807, 2.05) is 98.5 Å². The van der Waals surface area contributed by atoms with Gasteiger partial charge in [-0.2, -0.15) is 34.0 Å². The highest BCUT2D eigenvalue weighted by Crippen LogP contribution is 2.42. The Hall–Kier alpha value is -9.31. The summed E-state index contributed by atoms with van der Waals surface area (Å²) in [6, 6.07) is 62.3. The Morgan fingerprint density at radius 2 is 0.737 bits per heavy atom. The molecule has 594 valence electrons. The molecular weight excluding hydrogens is 1850 g/mol. The molecule has 5 N–H and O–H groups in total. The highest BCUT2D eigenvalue weighted by atomic mass is 127. The van der Waals surface area contributed by atoms with Gasteiger partial charge in [0.1, 0.15) is 5.65 Å². The molecule has 0 radical (unpaired) electrons. The van der Waals surface area contributed by atoms with E-state index in [-0.39, 0.29) is 20.3 Å². The molecule has 0 atom stereocenters. The predicted molar refractivity (Wildman–Crippen MR) is 493 cm³/mol. The average molecular weight is 1910 g/mol. The number of aromatic amines is 1. The van der Waals surface area contributed by atoms with E-state index in [0.717, 1.165) is 80.6 Å². The highest BCUT2D eigenvalue weighted by Gasteiger charge is 2.28. The summed E-state index contributed by atoms with van der Waals surface area (Å²) in [6.45, 7) is 5.74. The van der Waals surface area contributed by atoms with Crippen molar-refractivity contribution < 1.29 is 45.3 Å². The second-order valence-corrected chi connectivity index (χ2v) is 37.7. The molecular formula is C85H63B2Cl6IN8O10S6. The second kappa shape index (κ2) is 38.0. The summed E-state index contributed by atoms with van der Waals surface area (Å²) in [5, 5.41) is 52.5. The van der Waals surface area contributed by atoms with E-state index in [1.54, 1.807) is 192 Å². The number of fused-ring (bicyclic) bond motifs is 4. The molecule has 118 heavy (non-hydrogen) atoms. The van der Waals surface area contributed by atoms with E-state index in [0.29, 0.717) is 63.7 Å². The van der Waals surface area contributed by atoms with Crippen LogP contribution in [0, 0.1) is 24.3 Å². The topological polar surface area (TPSA) is 265 Å². The summed E-state index contributed by atoms with van der Waals surface area (Å²) in [6.07, 6.45) is 13.2. The van der Waals surface area contributed by atoms with Crippen molar-refractivity contribution in [2.75, 3.05) is 0 Å². The number of benzene rings is 7. The van der Waals surface area contributed by atoms with E-state index in [2.05, 4.69) is 76.5 Å². The number of aromatic nitrogens is 8. The fraction of sp³-hybridized carbons (Fsp3) is 0.0353. The lowest BCUT2D eigenvalue weighted by molar-refractivity contribution is 0.424. The number of pyridine rings is 4. The zero-order valence-electron chi connectivity index (χ0n) is 61.9. The van der Waals surface area contributed by atoms with E-state index >= 15 is 0 Å². The first kappa shape index (κ1) is 86.5. The third-order valence-electron chi connectivity index (χ3n) is 18.2. The van der Waals surface area contributed by atoms with Gasteiger partial charge in [-0.3, -0.25) is 0 Å². The first-order valence-electron chi connectivity index (χ1n) is 35.3. The van der Waals surface area contributed by atoms with Crippen LogP contribution in [0.15, 0.2) is 309 Å². The molecule has 11 aromatic heterocycles. The Morgan fingerprint density at radius 1 is 0.364 bits per heavy atom. The molecule has 11 heterocycles. The van der Waals surface area contributed by atoms with Crippen molar-refractivity contribution in [3.63, 3.8) is 0 Å². The molecule has 0 fully saturated rings. The fourth-order valence-electron chi connectivity index (χ4n) is 12.4. The normalized spacial score (nSPS) is 11.3. The molecule has 0 aliphatic carbocycles. The number of aryl methyl sites for hydroxylation is 3. The van der Waals surface area contributed by atoms with Crippen LogP contribution >= 0.6 is 126 Å². The van der Waals surface area contributed by atoms with Crippen LogP contribution in [-0.2, 0) is 30.1 Å². The maximum Gasteiger partial charge on any atom is 0.489 e. The number of halogens is 7. The van der Waals surface area contributed by atoms with Gasteiger partial charge in [0.05, 0.1) is 30.1 Å². The van der Waals surface area contributed by atoms with Gasteiger partial charge >= 0.3 is 14.2 Å². The molecule has 18 aromatic rings. The van der Waals surface area contributed by atoms with Gasteiger partial charge in [-0.15, -0.1) is 0 Å². The van der Waals surface area contributed by atoms with Gasteiger partial charge in [0, 0.05) is 106 Å². The summed E-state index contributed by atoms with van der Waals surface area (Å²) in [4.78, 5) is 21.3. The van der Waals surface area contributed by atoms with E-state index < -0.39 is 44.3 Å². The van der Waals surface area contributed by atoms with Crippen molar-refractivity contribution in [3.8, 4) is 55.6 Å². The molecule has 7 aromatic carbocycles. The maximum atomic E-state index is 13.6. The lowest BCUT2D eigenvalue weighted by atomic mass is 9.81. The van der Waals surface area contributed by atoms with Gasteiger partial charge in [0.2, 0.25) is 0 Å². The highest BCUT2D eigenvalue weighted by molar-refractivity contribution is 14.1. The molecule has 18 rings (SSSR count). The molecule has 33 heteroatoms. The summed E-state index contributed by atoms with van der Waals surface area (Å²) in [5.74, 6) is 0. The van der Waals surface area contributed by atoms with Crippen molar-refractivity contribution in [2.24, 2.45) is 0 Å². The number of thiophene rings is 3. The van der Waals surface area contributed by atoms with Crippen LogP contribution in [0.1, 0.15) is 16.7 Å². The van der Waals surface area contributed by atoms with Gasteiger partial charge in [0.15, 0.2) is 16.9 Å². The molecule has 0 spiro atoms. The van der Waals surface area contributed by atoms with Gasteiger partial charge < -0.3 is 25.1 Å². The Balaban J connectivity index is 0.000000128. The van der Waals surface area contributed by atoms with E-state index in [1.165, 1.54) is 52.8 Å². The molecule has 0 aliphatic heterocycles. The van der Waals surface area contributed by atoms with Crippen molar-refractivity contribution in [1.82, 2.24) is 36.8 Å². The summed E-state index contributed by atoms with van der Waals surface area (Å²) >= 11 is 43.4. The molecule has 0 unspecified atom stereocenters. The van der Waals surface area contributed by atoms with Crippen LogP contribution in [0.25, 0.3) is 99.8 Å². The monoisotopic (exact) mass is 1910 g/mol. The minimum Gasteiger partial charge on any atom is -0.423 e. The summed E-state index contributed by atoms with van der Waals surface area (Å²) in [7, 11) is -14.1. The van der Waals surface area contributed by atoms with Crippen LogP contribution < -0.4 is 10.9 Å². The second-order valence-electron chi connectivity index (χ2n) is 26.1. The molecule has 18 nitrogen and oxygen atoms in total. The van der Waals surface area contributed by atoms with E-state index in [4.69, 9.17) is 89.7 Å². The SMILES string of the molecule is Cc1ccc(S(=O)(=O)n2cc(-c3cccc(Cl)c3)c3c(-c4ccsc4)ccnc32)cc1.Cc1ccc(S(=O)(=O)n2cc(-c3cccc(Cl)c3)c3c(Cl)ccnc32)cc1.Cc1ccc(S(=O)(=O)n2cc(I)c3c(Cl)ccnc32)cc1.Clc1cccc(-c2c[nH]c3nccc(-c4ccsc4)c23)c1.OB(O)c1cccc(Cl)c1.OB(O)c1ccsc1. The number of hydrogen-bond donors (Lipinski definition) is 5. The minimum atomic E-state index is -3.84. The van der Waals surface area contributed by atoms with Crippen LogP contribution in [0.5, 0.6) is 0 Å². The minimum absolute atomic E-state index is 0.185. The number of hydrogen-bond acceptors (Lipinski definition) is 17. The molecule has 0 bridgehead atoms. The number of rotatable bonds is 13. The largest absolute Gasteiger partial charge is 0.489 e. The third kappa shape index (κ3) is 19.6. The standard InChI is InChI=1S/C24H17ClN2O2S2.C20H14Cl2N2O2S.C17H11ClN2S.C14H10ClIN2O2S.C6H6BClO2.C4H5BO2S/c1-16-5-7-20(8-6-16)31(28,29)27-14-22(17-3-2-4-19(25)13-17)23-21(9-11-26-24(23)27)18-10-12-30-15-18;1-13-5-7-16(8-6-13)27(25,26)24-12-17(14-3-2-4-15(21)11-14)19-18(22)9-10-23-20(19)24;18-13-3-1-2-11(8-13)15-9-20-17-16(15)14(4-6-19-17)12-5-7-21-10-12;1-9-2-4-10(5-3-9)21(19,20)18-8-12(16)13-11(15)6-7-17-14(13)18;8-6-3-1-2-5(4-6)7(9)10;6-5(7)4-1-2-8-3-4/h2-15H,1H3;2-12H,1H3;1-10H,(H,19,20);2-8H,1H3;1-4,9-10H;1-3,6-7H. The number of nitrogens with one attached hydrogen (secondary N) is 1. The first-order chi connectivity index (χ1) is 56.6. The number of nitrogens with zero attached hydrogens (tertiary/aromatic N) is 7. The quantitative estimate of drug-likeness (QED) is 0.0531. The lowest BCUT2D eigenvalue weighted by Crippen LogP contribution is -2.29. The number of H-pyrrole nitrogens is 1. The van der Waals surface area contributed by atoms with E-state index in [9.17, 15) is 25.3 Å². The smallest absolute Gasteiger partial charge is 0.423 e. The maximum absolute atomic E-state index is 13.6. The van der Waals surface area contributed by atoms with Crippen molar-refractivity contribution in [1.29, 1.82) is 0 Å². The summed E-state index contributed by atoms with van der Waals surface area (Å²) < 4.78 is 83.5. The van der Waals surface area contributed by atoms with Crippen LogP contribution in [-0.4, -0.2) is 96.4 Å². The zero-order valence-corrected chi connectivity index (χ0v) is 73.5. The Labute approximate surface area is 736 Å². The lowest BCUT2D eigenvalue weighted by Gasteiger charge is -2.08. The van der Waals surface area contributed by atoms with Crippen molar-refractivity contribution >= 4 is 226 Å². The van der Waals surface area contributed by atoms with Crippen LogP contribution in [0.4, 0.5) is 0 Å². The Bertz CT molecular complexity index is 6970. The molecule has 0 saturated carbocycles. The molecule has 0 saturated heterocycles. The van der Waals surface area contributed by atoms with Crippen molar-refractivity contribution in [3.05, 3.63) is 345 Å². The van der Waals surface area contributed by atoms with Crippen LogP contribution in [0.3, 0.4) is 0 Å². The van der Waals surface area contributed by atoms with Crippen molar-refractivity contribution in [2.45, 2.75) is 35.5 Å². The fourth-order valence-corrected chi connectivity index (χ4v) is 20.7. The van der Waals surface area contributed by atoms with Gasteiger partial charge in [0.25, 0.3) is 30.1 Å². The zero-order chi connectivity index (χ0) is 83.7.